The maximum atomic E-state index is 12.7. The summed E-state index contributed by atoms with van der Waals surface area (Å²) >= 11 is 1.49. The van der Waals surface area contributed by atoms with Gasteiger partial charge in [-0.3, -0.25) is 0 Å². The maximum Gasteiger partial charge on any atom is 0.187 e. The third-order valence-electron chi connectivity index (χ3n) is 24.5. The lowest BCUT2D eigenvalue weighted by atomic mass is 9.88. The van der Waals surface area contributed by atoms with Gasteiger partial charge >= 0.3 is 0 Å². The summed E-state index contributed by atoms with van der Waals surface area (Å²) < 4.78 is 118. The lowest BCUT2D eigenvalue weighted by Crippen LogP contribution is -2.68. The van der Waals surface area contributed by atoms with Crippen LogP contribution in [-0.2, 0) is 94.7 Å². The number of aliphatic hydroxyl groups is 30. The number of nitrogens with two attached hydrogens (primary N) is 1. The van der Waals surface area contributed by atoms with Crippen molar-refractivity contribution in [3.63, 3.8) is 0 Å². The minimum atomic E-state index is -2.87. The first kappa shape index (κ1) is 104. The molecule has 0 aromatic rings. The number of rotatable bonds is 35. The van der Waals surface area contributed by atoms with Crippen molar-refractivity contribution in [2.75, 3.05) is 72.7 Å². The highest BCUT2D eigenvalue weighted by molar-refractivity contribution is 14.1. The number of aliphatic hydroxyl groups excluding tert-OH is 30. The summed E-state index contributed by atoms with van der Waals surface area (Å²) in [5.74, 6) is -4.49. The van der Waals surface area contributed by atoms with E-state index < -0.39 is 407 Å². The van der Waals surface area contributed by atoms with E-state index in [9.17, 15) is 153 Å². The Bertz CT molecular complexity index is 3100. The summed E-state index contributed by atoms with van der Waals surface area (Å²) in [6.07, 6.45) is -93.7. The molecule has 123 heavy (non-hydrogen) atoms. The van der Waals surface area contributed by atoms with E-state index in [1.54, 1.807) is 13.8 Å². The van der Waals surface area contributed by atoms with Crippen molar-refractivity contribution < 1.29 is 248 Å². The SMILES string of the molecule is CC1[C@H](OCC2O[C@H](OCC3O[C@@H](O[C@@H]4C(CO)O[C@@H](O[C@@H]5C(CO)O[C@@H](C)C(C)[C@H]5O)C(C)[C@H]4O)C(O)[C@@H](O[C@@H](O)C(O[C@@H]4OC(CO)[C@@H](O[C@@H]5OC(CO)[C@H](O)[C@H](O)C5O)[C@H](O)C4N)[C@@H](O)[C@@H](O)C(I)CO)[C@@H]3O)C(OC3OC(CO)[C@H](O[C@@H]4OC(CO)[C@H](O)[C@H](O)C4O)[C@H](O)C3C)[C@@H](O)[C@@H]2O)OC(CO)[C@@H](O[C@@H]2OC(CO)[C@H](O)[C@H](O)C2O)[C@@H]1O. The van der Waals surface area contributed by atoms with Crippen LogP contribution in [0, 0.1) is 23.7 Å². The largest absolute Gasteiger partial charge is 0.395 e. The Morgan fingerprint density at radius 2 is 0.569 bits per heavy atom. The fourth-order valence-electron chi connectivity index (χ4n) is 16.3. The number of ether oxygens (including phenoxy) is 20. The Morgan fingerprint density at radius 1 is 0.268 bits per heavy atom. The predicted octanol–water partition coefficient (Wildman–Crippen LogP) is -18.4. The summed E-state index contributed by atoms with van der Waals surface area (Å²) in [5, 5.41) is 333. The van der Waals surface area contributed by atoms with Crippen molar-refractivity contribution >= 4 is 22.6 Å². The van der Waals surface area contributed by atoms with Crippen LogP contribution in [0.1, 0.15) is 34.6 Å². The predicted molar refractivity (Wildman–Crippen MR) is 396 cm³/mol. The lowest BCUT2D eigenvalue weighted by molar-refractivity contribution is -0.391. The summed E-state index contributed by atoms with van der Waals surface area (Å²) in [7, 11) is 0. The third kappa shape index (κ3) is 22.5. The number of alkyl halides is 1. The minimum absolute atomic E-state index is 0.581. The Balaban J connectivity index is 0.963. The first-order valence-electron chi connectivity index (χ1n) is 40.4. The molecule has 0 aromatic heterocycles. The van der Waals surface area contributed by atoms with Gasteiger partial charge in [-0.05, 0) is 6.92 Å². The van der Waals surface area contributed by atoms with Crippen LogP contribution >= 0.6 is 22.6 Å². The molecule has 10 heterocycles. The molecule has 10 aliphatic heterocycles. The molecular weight excluding hydrogens is 1790 g/mol. The zero-order valence-corrected chi connectivity index (χ0v) is 69.2. The van der Waals surface area contributed by atoms with Crippen LogP contribution in [0.5, 0.6) is 0 Å². The standard InChI is InChI=1S/C71H124INO50/c1-17-21(5)106-26(10-78)54(34(17)83)117-64-19(3)36(85)57(29(13-81)111-64)120-70-53(102)59(116-62(103)60(48(97)38(87)22(72)6-74)122-66-33(73)44(93)58(30(14-82)113-66)121-69-52(101)47(96)41(90)25(9-77)109-69)43(92)32(114-70)16-105-71-61(123-65-20(4)37(86)56(28(12-80)112-65)119-68-51(100)46(95)40(89)24(8-76)108-68)49(98)42(91)31(115-71)15-104-63-18(2)35(84)55(27(11-79)110-63)118-67-50(99)45(94)39(88)23(7-75)107-67/h17-71,74-103H,6-16,73H2,1-5H3/t17?,18?,19?,20?,21-,22?,23?,24?,25?,26?,27?,28?,29?,30?,31?,32?,33?,34+,35+,36+,37+,38-,39-,40-,41-,42+,43+,44+,45-,46-,47-,48-,49-,50?,51?,52?,53?,54+,55+,56-,57+,58+,59-,60?,61?,62+,63+,64-,65?,66-,67-,68-,69-,70-,71-/m0/s1. The molecule has 51 nitrogen and oxygen atoms in total. The molecule has 10 rings (SSSR count). The molecule has 0 spiro atoms. The highest BCUT2D eigenvalue weighted by Gasteiger charge is 2.60. The van der Waals surface area contributed by atoms with E-state index in [2.05, 4.69) is 0 Å². The molecule has 0 aromatic carbocycles. The van der Waals surface area contributed by atoms with Gasteiger partial charge in [0.2, 0.25) is 0 Å². The van der Waals surface area contributed by atoms with Crippen LogP contribution < -0.4 is 5.73 Å². The third-order valence-corrected chi connectivity index (χ3v) is 25.6. The van der Waals surface area contributed by atoms with Gasteiger partial charge in [0.15, 0.2) is 62.9 Å². The topological polar surface area (TPSA) is 818 Å². The van der Waals surface area contributed by atoms with Crippen LogP contribution in [-0.4, -0.2) is 537 Å². The van der Waals surface area contributed by atoms with Gasteiger partial charge in [0.1, 0.15) is 201 Å². The van der Waals surface area contributed by atoms with Gasteiger partial charge in [-0.1, -0.05) is 50.3 Å². The van der Waals surface area contributed by atoms with E-state index >= 15 is 0 Å². The Labute approximate surface area is 715 Å². The zero-order valence-electron chi connectivity index (χ0n) is 67.1. The molecule has 0 aliphatic carbocycles. The Hall–Kier alpha value is -1.31. The van der Waals surface area contributed by atoms with E-state index in [-0.39, 0.29) is 0 Å². The first-order valence-corrected chi connectivity index (χ1v) is 41.6. The molecule has 0 bridgehead atoms. The monoisotopic (exact) mass is 1920 g/mol. The molecule has 52 heteroatoms. The van der Waals surface area contributed by atoms with Gasteiger partial charge in [-0.2, -0.15) is 0 Å². The molecule has 720 valence electrons. The molecule has 55 atom stereocenters. The van der Waals surface area contributed by atoms with Gasteiger partial charge in [0.25, 0.3) is 0 Å². The van der Waals surface area contributed by atoms with Crippen LogP contribution in [0.25, 0.3) is 0 Å². The molecule has 32 N–H and O–H groups in total. The second kappa shape index (κ2) is 45.6. The molecule has 0 amide bonds. The summed E-state index contributed by atoms with van der Waals surface area (Å²) in [4.78, 5) is 0. The molecule has 10 fully saturated rings. The van der Waals surface area contributed by atoms with Crippen molar-refractivity contribution in [1.82, 2.24) is 0 Å². The van der Waals surface area contributed by atoms with Crippen molar-refractivity contribution in [2.45, 2.75) is 346 Å². The Morgan fingerprint density at radius 3 is 0.976 bits per heavy atom. The first-order chi connectivity index (χ1) is 58.2. The van der Waals surface area contributed by atoms with Crippen molar-refractivity contribution in [3.8, 4) is 0 Å². The van der Waals surface area contributed by atoms with E-state index in [1.165, 1.54) is 43.4 Å². The highest BCUT2D eigenvalue weighted by Crippen LogP contribution is 2.42. The molecule has 23 unspecified atom stereocenters. The normalized spacial score (nSPS) is 51.0. The summed E-state index contributed by atoms with van der Waals surface area (Å²) in [6.45, 7) is -3.23. The van der Waals surface area contributed by atoms with E-state index in [4.69, 9.17) is 100 Å². The van der Waals surface area contributed by atoms with E-state index in [0.29, 0.717) is 0 Å². The second-order valence-electron chi connectivity index (χ2n) is 32.6. The average Bonchev–Trinajstić information content (AvgIpc) is 0.772. The van der Waals surface area contributed by atoms with Gasteiger partial charge < -0.3 is 254 Å². The van der Waals surface area contributed by atoms with Gasteiger partial charge in [0.05, 0.1) is 119 Å². The van der Waals surface area contributed by atoms with Gasteiger partial charge in [-0.25, -0.2) is 0 Å². The van der Waals surface area contributed by atoms with Crippen molar-refractivity contribution in [3.05, 3.63) is 0 Å². The zero-order chi connectivity index (χ0) is 90.7. The van der Waals surface area contributed by atoms with Crippen LogP contribution in [0.4, 0.5) is 0 Å². The molecule has 0 radical (unpaired) electrons. The minimum Gasteiger partial charge on any atom is -0.395 e. The average molecular weight is 1920 g/mol. The Kier molecular flexibility index (Phi) is 38.5. The molecule has 10 aliphatic rings. The molecule has 10 saturated heterocycles. The van der Waals surface area contributed by atoms with Crippen LogP contribution in [0.2, 0.25) is 0 Å². The second-order valence-corrected chi connectivity index (χ2v) is 34.2. The number of hydrogen-bond acceptors (Lipinski definition) is 51. The molecular formula is C71H124INO50. The fourth-order valence-corrected chi connectivity index (χ4v) is 16.7. The maximum absolute atomic E-state index is 12.7. The summed E-state index contributed by atoms with van der Waals surface area (Å²) in [5.41, 5.74) is 6.46. The highest BCUT2D eigenvalue weighted by atomic mass is 127. The van der Waals surface area contributed by atoms with E-state index in [1.807, 2.05) is 0 Å². The van der Waals surface area contributed by atoms with Gasteiger partial charge in [-0.15, -0.1) is 0 Å². The lowest BCUT2D eigenvalue weighted by Gasteiger charge is -2.50. The number of hydrogen-bond donors (Lipinski definition) is 31. The van der Waals surface area contributed by atoms with Gasteiger partial charge in [0, 0.05) is 23.7 Å². The smallest absolute Gasteiger partial charge is 0.187 e. The van der Waals surface area contributed by atoms with Crippen LogP contribution in [0.3, 0.4) is 0 Å². The van der Waals surface area contributed by atoms with Crippen molar-refractivity contribution in [1.29, 1.82) is 0 Å². The van der Waals surface area contributed by atoms with Crippen LogP contribution in [0.15, 0.2) is 0 Å². The fraction of sp³-hybridized carbons (Fsp3) is 1.00. The van der Waals surface area contributed by atoms with Crippen molar-refractivity contribution in [2.24, 2.45) is 29.4 Å². The molecule has 0 saturated carbocycles. The quantitative estimate of drug-likeness (QED) is 0.0159. The van der Waals surface area contributed by atoms with E-state index in [0.717, 1.165) is 0 Å². The number of halogens is 1. The summed E-state index contributed by atoms with van der Waals surface area (Å²) in [6, 6.07) is -1.96.